The standard InChI is InChI=1S/C31H32N4O4/c1-4-5-17-39-26-14-9-11-23(18-26)29-24(21-35(33-29)25-12-7-6-8-13-25)19-27-22(2)28(20-32)31(37)34(30(27)36)15-10-16-38-3/h6-9,11-14,18-19,21H,4-5,10,15-17H2,1-3H3/b27-19+. The van der Waals surface area contributed by atoms with E-state index in [9.17, 15) is 14.9 Å². The summed E-state index contributed by atoms with van der Waals surface area (Å²) in [6.45, 7) is 4.93. The average molecular weight is 525 g/mol. The molecule has 0 fully saturated rings. The van der Waals surface area contributed by atoms with Gasteiger partial charge in [-0.1, -0.05) is 43.7 Å². The Labute approximate surface area is 228 Å². The molecule has 0 unspecified atom stereocenters. The zero-order valence-corrected chi connectivity index (χ0v) is 22.5. The number of carbonyl (C=O) groups is 2. The zero-order chi connectivity index (χ0) is 27.8. The van der Waals surface area contributed by atoms with Crippen LogP contribution in [0.5, 0.6) is 5.75 Å². The first kappa shape index (κ1) is 27.6. The minimum Gasteiger partial charge on any atom is -0.494 e. The lowest BCUT2D eigenvalue weighted by Gasteiger charge is -2.27. The molecule has 39 heavy (non-hydrogen) atoms. The summed E-state index contributed by atoms with van der Waals surface area (Å²) < 4.78 is 12.8. The van der Waals surface area contributed by atoms with Crippen LogP contribution in [-0.4, -0.2) is 53.4 Å². The van der Waals surface area contributed by atoms with Crippen LogP contribution in [0.15, 0.2) is 77.5 Å². The van der Waals surface area contributed by atoms with Gasteiger partial charge in [0.2, 0.25) is 0 Å². The summed E-state index contributed by atoms with van der Waals surface area (Å²) in [6, 6.07) is 19.4. The van der Waals surface area contributed by atoms with Crippen LogP contribution in [0.3, 0.4) is 0 Å². The third-order valence-electron chi connectivity index (χ3n) is 6.49. The lowest BCUT2D eigenvalue weighted by Crippen LogP contribution is -2.43. The maximum atomic E-state index is 13.5. The van der Waals surface area contributed by atoms with Crippen LogP contribution in [0.2, 0.25) is 0 Å². The van der Waals surface area contributed by atoms with Crippen LogP contribution in [-0.2, 0) is 14.3 Å². The lowest BCUT2D eigenvalue weighted by molar-refractivity contribution is -0.140. The molecule has 8 nitrogen and oxygen atoms in total. The number of carbonyl (C=O) groups excluding carboxylic acids is 2. The van der Waals surface area contributed by atoms with Crippen molar-refractivity contribution in [3.63, 3.8) is 0 Å². The van der Waals surface area contributed by atoms with E-state index < -0.39 is 11.8 Å². The second kappa shape index (κ2) is 12.9. The molecule has 1 aromatic heterocycles. The zero-order valence-electron chi connectivity index (χ0n) is 22.5. The summed E-state index contributed by atoms with van der Waals surface area (Å²) in [5, 5.41) is 14.6. The highest BCUT2D eigenvalue weighted by Crippen LogP contribution is 2.32. The van der Waals surface area contributed by atoms with Crippen LogP contribution >= 0.6 is 0 Å². The van der Waals surface area contributed by atoms with Crippen molar-refractivity contribution >= 4 is 17.9 Å². The second-order valence-corrected chi connectivity index (χ2v) is 9.22. The number of para-hydroxylation sites is 1. The third-order valence-corrected chi connectivity index (χ3v) is 6.49. The Morgan fingerprint density at radius 1 is 1.03 bits per heavy atom. The predicted octanol–water partition coefficient (Wildman–Crippen LogP) is 5.35. The van der Waals surface area contributed by atoms with Crippen LogP contribution in [0, 0.1) is 11.3 Å². The molecule has 1 aliphatic rings. The van der Waals surface area contributed by atoms with Crippen molar-refractivity contribution in [3.8, 4) is 28.8 Å². The van der Waals surface area contributed by atoms with Crippen LogP contribution in [0.25, 0.3) is 23.0 Å². The number of rotatable bonds is 11. The van der Waals surface area contributed by atoms with Gasteiger partial charge in [-0.05, 0) is 55.7 Å². The van der Waals surface area contributed by atoms with Gasteiger partial charge in [0.25, 0.3) is 11.8 Å². The van der Waals surface area contributed by atoms with Crippen molar-refractivity contribution in [2.75, 3.05) is 26.9 Å². The van der Waals surface area contributed by atoms with Gasteiger partial charge in [0, 0.05) is 43.2 Å². The van der Waals surface area contributed by atoms with Crippen LogP contribution in [0.1, 0.15) is 38.7 Å². The first-order valence-corrected chi connectivity index (χ1v) is 13.0. The topological polar surface area (TPSA) is 97.4 Å². The lowest BCUT2D eigenvalue weighted by atomic mass is 9.93. The van der Waals surface area contributed by atoms with E-state index in [1.165, 1.54) is 0 Å². The number of imide groups is 1. The highest BCUT2D eigenvalue weighted by atomic mass is 16.5. The van der Waals surface area contributed by atoms with Gasteiger partial charge in [-0.25, -0.2) is 4.68 Å². The Morgan fingerprint density at radius 3 is 2.54 bits per heavy atom. The van der Waals surface area contributed by atoms with Gasteiger partial charge in [-0.3, -0.25) is 14.5 Å². The quantitative estimate of drug-likeness (QED) is 0.191. The Bertz CT molecular complexity index is 1450. The van der Waals surface area contributed by atoms with E-state index >= 15 is 0 Å². The summed E-state index contributed by atoms with van der Waals surface area (Å²) in [6.07, 6.45) is 6.03. The Hall–Kier alpha value is -4.48. The van der Waals surface area contributed by atoms with E-state index in [0.717, 1.165) is 34.7 Å². The Balaban J connectivity index is 1.83. The minimum absolute atomic E-state index is 0.0402. The smallest absolute Gasteiger partial charge is 0.271 e. The monoisotopic (exact) mass is 524 g/mol. The molecule has 200 valence electrons. The second-order valence-electron chi connectivity index (χ2n) is 9.22. The van der Waals surface area contributed by atoms with Crippen molar-refractivity contribution in [2.24, 2.45) is 0 Å². The number of hydrogen-bond donors (Lipinski definition) is 0. The van der Waals surface area contributed by atoms with Gasteiger partial charge in [0.05, 0.1) is 12.3 Å². The van der Waals surface area contributed by atoms with Crippen LogP contribution in [0.4, 0.5) is 0 Å². The summed E-state index contributed by atoms with van der Waals surface area (Å²) >= 11 is 0. The molecule has 0 saturated carbocycles. The molecule has 0 N–H and O–H groups in total. The van der Waals surface area contributed by atoms with E-state index in [1.54, 1.807) is 24.8 Å². The number of nitrogens with zero attached hydrogens (tertiary/aromatic N) is 4. The summed E-state index contributed by atoms with van der Waals surface area (Å²) in [5.41, 5.74) is 3.60. The van der Waals surface area contributed by atoms with E-state index in [-0.39, 0.29) is 17.7 Å². The SMILES string of the molecule is CCCCOc1cccc(-c2nn(-c3ccccc3)cc2/C=C2/C(=O)N(CCCOC)C(=O)C(C#N)=C2C)c1. The third kappa shape index (κ3) is 6.16. The van der Waals surface area contributed by atoms with E-state index in [4.69, 9.17) is 14.6 Å². The molecule has 1 aliphatic heterocycles. The molecule has 3 aromatic rings. The van der Waals surface area contributed by atoms with E-state index in [1.807, 2.05) is 66.9 Å². The minimum atomic E-state index is -0.578. The van der Waals surface area contributed by atoms with Crippen molar-refractivity contribution < 1.29 is 19.1 Å². The summed E-state index contributed by atoms with van der Waals surface area (Å²) in [5.74, 6) is -0.284. The average Bonchev–Trinajstić information content (AvgIpc) is 3.38. The largest absolute Gasteiger partial charge is 0.494 e. The number of hydrogen-bond acceptors (Lipinski definition) is 6. The summed E-state index contributed by atoms with van der Waals surface area (Å²) in [7, 11) is 1.56. The number of benzene rings is 2. The van der Waals surface area contributed by atoms with Crippen molar-refractivity contribution in [1.29, 1.82) is 5.26 Å². The fourth-order valence-electron chi connectivity index (χ4n) is 4.35. The van der Waals surface area contributed by atoms with Gasteiger partial charge in [-0.2, -0.15) is 10.4 Å². The highest BCUT2D eigenvalue weighted by Gasteiger charge is 2.35. The molecule has 2 aromatic carbocycles. The fourth-order valence-corrected chi connectivity index (χ4v) is 4.35. The number of ether oxygens (including phenoxy) is 2. The maximum Gasteiger partial charge on any atom is 0.271 e. The number of amides is 2. The van der Waals surface area contributed by atoms with Crippen molar-refractivity contribution in [2.45, 2.75) is 33.1 Å². The Morgan fingerprint density at radius 2 is 1.82 bits per heavy atom. The molecule has 0 spiro atoms. The van der Waals surface area contributed by atoms with Gasteiger partial charge >= 0.3 is 0 Å². The predicted molar refractivity (Wildman–Crippen MR) is 149 cm³/mol. The first-order chi connectivity index (χ1) is 19.0. The molecule has 0 atom stereocenters. The molecular formula is C31H32N4O4. The van der Waals surface area contributed by atoms with Crippen molar-refractivity contribution in [3.05, 3.63) is 83.1 Å². The molecule has 4 rings (SSSR count). The highest BCUT2D eigenvalue weighted by molar-refractivity contribution is 6.19. The van der Waals surface area contributed by atoms with Crippen LogP contribution < -0.4 is 4.74 Å². The number of unbranched alkanes of at least 4 members (excludes halogenated alkanes) is 1. The molecule has 2 amide bonds. The Kier molecular flexibility index (Phi) is 9.08. The van der Waals surface area contributed by atoms with Gasteiger partial charge in [0.15, 0.2) is 0 Å². The first-order valence-electron chi connectivity index (χ1n) is 13.0. The molecule has 0 bridgehead atoms. The molecule has 0 saturated heterocycles. The van der Waals surface area contributed by atoms with Gasteiger partial charge < -0.3 is 9.47 Å². The van der Waals surface area contributed by atoms with E-state index in [2.05, 4.69) is 6.92 Å². The molecule has 0 radical (unpaired) electrons. The molecule has 8 heteroatoms. The molecular weight excluding hydrogens is 492 g/mol. The normalized spacial score (nSPS) is 14.7. The van der Waals surface area contributed by atoms with Gasteiger partial charge in [0.1, 0.15) is 23.1 Å². The van der Waals surface area contributed by atoms with Gasteiger partial charge in [-0.15, -0.1) is 0 Å². The molecule has 2 heterocycles. The van der Waals surface area contributed by atoms with E-state index in [0.29, 0.717) is 36.5 Å². The maximum absolute atomic E-state index is 13.5. The fraction of sp³-hybridized carbons (Fsp3) is 0.290. The molecule has 0 aliphatic carbocycles. The number of methoxy groups -OCH3 is 1. The number of aromatic nitrogens is 2. The summed E-state index contributed by atoms with van der Waals surface area (Å²) in [4.78, 5) is 27.6. The van der Waals surface area contributed by atoms with Crippen molar-refractivity contribution in [1.82, 2.24) is 14.7 Å². The number of nitriles is 1.